The highest BCUT2D eigenvalue weighted by Crippen LogP contribution is 2.64. The Morgan fingerprint density at radius 2 is 2.24 bits per heavy atom. The molecule has 0 aromatic heterocycles. The largest absolute Gasteiger partial charge is 0.620 e. The first-order chi connectivity index (χ1) is 9.92. The summed E-state index contributed by atoms with van der Waals surface area (Å²) in [5.74, 6) is -0.123. The molecule has 114 valence electrons. The van der Waals surface area contributed by atoms with Gasteiger partial charge in [-0.1, -0.05) is 11.6 Å². The molecule has 1 unspecified atom stereocenters. The molecule has 1 atom stereocenters. The Morgan fingerprint density at radius 1 is 1.52 bits per heavy atom. The minimum atomic E-state index is -3.72. The number of ketones is 1. The van der Waals surface area contributed by atoms with Crippen LogP contribution in [0.4, 0.5) is 0 Å². The van der Waals surface area contributed by atoms with E-state index in [1.54, 1.807) is 25.1 Å². The Bertz CT molecular complexity index is 601. The molecule has 0 fully saturated rings. The highest BCUT2D eigenvalue weighted by atomic mass is 31.2. The summed E-state index contributed by atoms with van der Waals surface area (Å²) in [6.07, 6.45) is 0. The van der Waals surface area contributed by atoms with E-state index in [-0.39, 0.29) is 30.0 Å². The maximum Gasteiger partial charge on any atom is 0.323 e. The number of Topliss-reactive ketones (excluding diaryl/α,β-unsaturated/α-hetero) is 1. The summed E-state index contributed by atoms with van der Waals surface area (Å²) in [5, 5.41) is 11.7. The third-order valence-corrected chi connectivity index (χ3v) is 5.19. The number of hydrogen-bond donors (Lipinski definition) is 2. The zero-order chi connectivity index (χ0) is 15.6. The van der Waals surface area contributed by atoms with Gasteiger partial charge < -0.3 is 19.8 Å². The Labute approximate surface area is 124 Å². The van der Waals surface area contributed by atoms with Crippen molar-refractivity contribution in [1.29, 1.82) is 0 Å². The topological polar surface area (TPSA) is 90.8 Å². The number of rotatable bonds is 4. The standard InChI is InChI=1S/C14H18NO5P/c1-9-4-5-12-11(8-9)13(17)14(10(2)15-6-7-16)21(18,19-3)20-12/h4-5,8,15-16H,6-7H2,1-3H3/b14-10-. The summed E-state index contributed by atoms with van der Waals surface area (Å²) >= 11 is 0. The van der Waals surface area contributed by atoms with Crippen molar-refractivity contribution in [3.05, 3.63) is 40.3 Å². The fourth-order valence-electron chi connectivity index (χ4n) is 2.16. The molecule has 1 aliphatic heterocycles. The summed E-state index contributed by atoms with van der Waals surface area (Å²) < 4.78 is 10.5. The van der Waals surface area contributed by atoms with E-state index < -0.39 is 7.94 Å². The average Bonchev–Trinajstić information content (AvgIpc) is 2.46. The van der Waals surface area contributed by atoms with Crippen molar-refractivity contribution in [3.63, 3.8) is 0 Å². The molecular formula is C14H18NO5P. The molecule has 0 spiro atoms. The number of hydrogen-bond acceptors (Lipinski definition) is 6. The van der Waals surface area contributed by atoms with Crippen LogP contribution < -0.4 is 14.7 Å². The molecule has 6 nitrogen and oxygen atoms in total. The van der Waals surface area contributed by atoms with Crippen LogP contribution in [0.5, 0.6) is 5.75 Å². The van der Waals surface area contributed by atoms with Crippen LogP contribution in [-0.4, -0.2) is 31.2 Å². The van der Waals surface area contributed by atoms with Gasteiger partial charge in [-0.25, -0.2) is 0 Å². The van der Waals surface area contributed by atoms with Crippen LogP contribution in [0, 0.1) is 6.92 Å². The summed E-state index contributed by atoms with van der Waals surface area (Å²) in [6.45, 7) is 3.61. The molecule has 2 N–H and O–H groups in total. The van der Waals surface area contributed by atoms with E-state index in [2.05, 4.69) is 5.32 Å². The van der Waals surface area contributed by atoms with Crippen molar-refractivity contribution in [3.8, 4) is 5.75 Å². The first-order valence-corrected chi connectivity index (χ1v) is 8.04. The van der Waals surface area contributed by atoms with Crippen molar-refractivity contribution in [2.24, 2.45) is 0 Å². The highest BCUT2D eigenvalue weighted by molar-refractivity contribution is 7.65. The van der Waals surface area contributed by atoms with Gasteiger partial charge in [0, 0.05) is 6.54 Å². The maximum absolute atomic E-state index is 12.8. The summed E-state index contributed by atoms with van der Waals surface area (Å²) in [7, 11) is -2.48. The number of aliphatic hydroxyl groups excluding tert-OH is 1. The van der Waals surface area contributed by atoms with Gasteiger partial charge in [0.05, 0.1) is 25.0 Å². The maximum atomic E-state index is 12.8. The first kappa shape index (κ1) is 15.9. The SMILES string of the molecule is CO[P+]1([O-])Oc2ccc(C)cc2C(=O)/C1=C(\C)NCCO. The Hall–Kier alpha value is -1.46. The van der Waals surface area contributed by atoms with Crippen molar-refractivity contribution in [1.82, 2.24) is 5.32 Å². The predicted molar refractivity (Wildman–Crippen MR) is 77.9 cm³/mol. The second kappa shape index (κ2) is 6.12. The molecule has 1 aromatic rings. The van der Waals surface area contributed by atoms with E-state index >= 15 is 0 Å². The summed E-state index contributed by atoms with van der Waals surface area (Å²) in [4.78, 5) is 25.4. The second-order valence-electron chi connectivity index (χ2n) is 4.72. The number of benzene rings is 1. The number of nitrogens with one attached hydrogen (secondary N) is 1. The lowest BCUT2D eigenvalue weighted by Gasteiger charge is -2.32. The minimum absolute atomic E-state index is 0.0171. The van der Waals surface area contributed by atoms with Crippen LogP contribution in [0.15, 0.2) is 29.2 Å². The highest BCUT2D eigenvalue weighted by Gasteiger charge is 2.49. The molecule has 0 aliphatic carbocycles. The van der Waals surface area contributed by atoms with E-state index in [0.29, 0.717) is 11.3 Å². The van der Waals surface area contributed by atoms with E-state index in [4.69, 9.17) is 14.2 Å². The molecule has 0 radical (unpaired) electrons. The van der Waals surface area contributed by atoms with E-state index in [0.717, 1.165) is 5.56 Å². The fraction of sp³-hybridized carbons (Fsp3) is 0.357. The number of allylic oxidation sites excluding steroid dienone is 2. The van der Waals surface area contributed by atoms with E-state index in [1.165, 1.54) is 7.11 Å². The van der Waals surface area contributed by atoms with Gasteiger partial charge in [0.2, 0.25) is 11.1 Å². The van der Waals surface area contributed by atoms with Gasteiger partial charge in [-0.2, -0.15) is 4.52 Å². The quantitative estimate of drug-likeness (QED) is 0.640. The van der Waals surface area contributed by atoms with Crippen molar-refractivity contribution in [2.75, 3.05) is 20.3 Å². The number of carbonyl (C=O) groups excluding carboxylic acids is 1. The molecule has 7 heteroatoms. The van der Waals surface area contributed by atoms with Gasteiger partial charge in [0.15, 0.2) is 5.75 Å². The minimum Gasteiger partial charge on any atom is -0.620 e. The third-order valence-electron chi connectivity index (χ3n) is 3.18. The van der Waals surface area contributed by atoms with Crippen LogP contribution >= 0.6 is 7.94 Å². The lowest BCUT2D eigenvalue weighted by atomic mass is 10.1. The summed E-state index contributed by atoms with van der Waals surface area (Å²) in [5.41, 5.74) is 1.64. The lowest BCUT2D eigenvalue weighted by molar-refractivity contribution is -0.205. The second-order valence-corrected chi connectivity index (χ2v) is 6.71. The van der Waals surface area contributed by atoms with E-state index in [1.807, 2.05) is 6.92 Å². The number of aryl methyl sites for hydroxylation is 1. The predicted octanol–water partition coefficient (Wildman–Crippen LogP) is 1.15. The van der Waals surface area contributed by atoms with Gasteiger partial charge >= 0.3 is 7.94 Å². The molecule has 0 bridgehead atoms. The Balaban J connectivity index is 2.55. The molecule has 21 heavy (non-hydrogen) atoms. The molecule has 0 amide bonds. The Morgan fingerprint density at radius 3 is 2.86 bits per heavy atom. The number of carbonyl (C=O) groups is 1. The number of fused-ring (bicyclic) bond motifs is 1. The van der Waals surface area contributed by atoms with Gasteiger partial charge in [-0.15, -0.1) is 0 Å². The molecule has 1 aliphatic rings. The van der Waals surface area contributed by atoms with Crippen LogP contribution in [0.3, 0.4) is 0 Å². The molecule has 0 saturated heterocycles. The first-order valence-electron chi connectivity index (χ1n) is 6.50. The van der Waals surface area contributed by atoms with Gasteiger partial charge in [-0.05, 0) is 26.0 Å². The van der Waals surface area contributed by atoms with Crippen molar-refractivity contribution < 1.29 is 23.8 Å². The molecule has 0 saturated carbocycles. The van der Waals surface area contributed by atoms with E-state index in [9.17, 15) is 9.69 Å². The summed E-state index contributed by atoms with van der Waals surface area (Å²) in [6, 6.07) is 5.08. The molecule has 1 heterocycles. The third kappa shape index (κ3) is 2.94. The fourth-order valence-corrected chi connectivity index (χ4v) is 3.78. The van der Waals surface area contributed by atoms with Crippen LogP contribution in [0.1, 0.15) is 22.8 Å². The monoisotopic (exact) mass is 311 g/mol. The van der Waals surface area contributed by atoms with Crippen LogP contribution in [-0.2, 0) is 4.52 Å². The van der Waals surface area contributed by atoms with Crippen LogP contribution in [0.2, 0.25) is 0 Å². The van der Waals surface area contributed by atoms with Crippen molar-refractivity contribution >= 4 is 13.7 Å². The van der Waals surface area contributed by atoms with Gasteiger partial charge in [0.1, 0.15) is 0 Å². The van der Waals surface area contributed by atoms with Crippen LogP contribution in [0.25, 0.3) is 0 Å². The lowest BCUT2D eigenvalue weighted by Crippen LogP contribution is -2.31. The zero-order valence-electron chi connectivity index (χ0n) is 12.2. The normalized spacial score (nSPS) is 23.4. The molecular weight excluding hydrogens is 293 g/mol. The Kier molecular flexibility index (Phi) is 4.64. The smallest absolute Gasteiger partial charge is 0.323 e. The molecule has 2 rings (SSSR count). The molecule has 1 aromatic carbocycles. The van der Waals surface area contributed by atoms with Crippen molar-refractivity contribution in [2.45, 2.75) is 13.8 Å². The zero-order valence-corrected chi connectivity index (χ0v) is 13.1. The van der Waals surface area contributed by atoms with Gasteiger partial charge in [0.25, 0.3) is 0 Å². The number of aliphatic hydroxyl groups is 1. The van der Waals surface area contributed by atoms with Gasteiger partial charge in [-0.3, -0.25) is 4.79 Å². The average molecular weight is 311 g/mol.